The number of piperidine rings is 1. The number of hydrogen-bond acceptors (Lipinski definition) is 3. The molecule has 4 rings (SSSR count). The van der Waals surface area contributed by atoms with Crippen molar-refractivity contribution in [3.05, 3.63) is 35.4 Å². The molecule has 2 aliphatic carbocycles. The lowest BCUT2D eigenvalue weighted by atomic mass is 10.0. The second-order valence-corrected chi connectivity index (χ2v) is 6.74. The molecule has 0 bridgehead atoms. The third kappa shape index (κ3) is 2.39. The third-order valence-electron chi connectivity index (χ3n) is 5.33. The highest BCUT2D eigenvalue weighted by Crippen LogP contribution is 2.32. The van der Waals surface area contributed by atoms with Crippen LogP contribution in [0.15, 0.2) is 24.3 Å². The van der Waals surface area contributed by atoms with Gasteiger partial charge in [0.25, 0.3) is 0 Å². The number of nitrogens with zero attached hydrogens (tertiary/aromatic N) is 1. The van der Waals surface area contributed by atoms with E-state index in [0.29, 0.717) is 12.1 Å². The van der Waals surface area contributed by atoms with Gasteiger partial charge in [-0.1, -0.05) is 24.3 Å². The quantitative estimate of drug-likeness (QED) is 0.881. The Bertz CT molecular complexity index is 475. The van der Waals surface area contributed by atoms with Crippen LogP contribution in [0.4, 0.5) is 0 Å². The number of nitrogens with one attached hydrogen (secondary N) is 1. The summed E-state index contributed by atoms with van der Waals surface area (Å²) in [6.07, 6.45) is 6.54. The predicted octanol–water partition coefficient (Wildman–Crippen LogP) is 1.83. The molecular weight excluding hydrogens is 246 g/mol. The summed E-state index contributed by atoms with van der Waals surface area (Å²) in [5.74, 6) is 0. The van der Waals surface area contributed by atoms with E-state index in [-0.39, 0.29) is 6.04 Å². The lowest BCUT2D eigenvalue weighted by molar-refractivity contribution is 0.181. The molecule has 1 saturated heterocycles. The Morgan fingerprint density at radius 1 is 1.05 bits per heavy atom. The molecule has 1 aromatic rings. The third-order valence-corrected chi connectivity index (χ3v) is 5.33. The molecule has 108 valence electrons. The number of fused-ring (bicyclic) bond motifs is 1. The van der Waals surface area contributed by atoms with Crippen LogP contribution >= 0.6 is 0 Å². The van der Waals surface area contributed by atoms with Crippen molar-refractivity contribution in [2.75, 3.05) is 13.1 Å². The van der Waals surface area contributed by atoms with Crippen LogP contribution in [0.5, 0.6) is 0 Å². The van der Waals surface area contributed by atoms with Gasteiger partial charge in [0.15, 0.2) is 0 Å². The topological polar surface area (TPSA) is 41.3 Å². The van der Waals surface area contributed by atoms with Crippen LogP contribution in [-0.4, -0.2) is 36.1 Å². The van der Waals surface area contributed by atoms with Gasteiger partial charge in [-0.3, -0.25) is 0 Å². The van der Waals surface area contributed by atoms with Gasteiger partial charge in [-0.05, 0) is 56.3 Å². The second-order valence-electron chi connectivity index (χ2n) is 6.74. The summed E-state index contributed by atoms with van der Waals surface area (Å²) >= 11 is 0. The Morgan fingerprint density at radius 3 is 2.50 bits per heavy atom. The standard InChI is InChI=1S/C17H25N3/c18-17-15-4-2-1-3-12(15)11-16(17)19-13-7-9-20(10-8-13)14-5-6-14/h1-4,13-14,16-17,19H,5-11,18H2/t16-,17-/m1/s1. The van der Waals surface area contributed by atoms with Crippen molar-refractivity contribution in [2.24, 2.45) is 5.73 Å². The smallest absolute Gasteiger partial charge is 0.0456 e. The molecule has 3 N–H and O–H groups in total. The fourth-order valence-electron chi connectivity index (χ4n) is 3.96. The molecule has 3 aliphatic rings. The van der Waals surface area contributed by atoms with Crippen LogP contribution in [0.2, 0.25) is 0 Å². The zero-order chi connectivity index (χ0) is 13.5. The van der Waals surface area contributed by atoms with Crippen molar-refractivity contribution < 1.29 is 0 Å². The van der Waals surface area contributed by atoms with Gasteiger partial charge in [-0.2, -0.15) is 0 Å². The first-order valence-electron chi connectivity index (χ1n) is 8.15. The van der Waals surface area contributed by atoms with Gasteiger partial charge >= 0.3 is 0 Å². The molecule has 20 heavy (non-hydrogen) atoms. The minimum atomic E-state index is 0.174. The fraction of sp³-hybridized carbons (Fsp3) is 0.647. The molecular formula is C17H25N3. The van der Waals surface area contributed by atoms with Crippen molar-refractivity contribution >= 4 is 0 Å². The van der Waals surface area contributed by atoms with Crippen LogP contribution in [0, 0.1) is 0 Å². The average Bonchev–Trinajstić information content (AvgIpc) is 3.28. The summed E-state index contributed by atoms with van der Waals surface area (Å²) in [6, 6.07) is 10.9. The highest BCUT2D eigenvalue weighted by Gasteiger charge is 2.34. The summed E-state index contributed by atoms with van der Waals surface area (Å²) in [5.41, 5.74) is 9.21. The summed E-state index contributed by atoms with van der Waals surface area (Å²) < 4.78 is 0. The minimum Gasteiger partial charge on any atom is -0.323 e. The molecule has 0 radical (unpaired) electrons. The van der Waals surface area contributed by atoms with E-state index in [2.05, 4.69) is 34.5 Å². The number of nitrogens with two attached hydrogens (primary N) is 1. The molecule has 1 aliphatic heterocycles. The van der Waals surface area contributed by atoms with Gasteiger partial charge in [0.05, 0.1) is 0 Å². The molecule has 2 fully saturated rings. The largest absolute Gasteiger partial charge is 0.323 e. The molecule has 2 atom stereocenters. The zero-order valence-corrected chi connectivity index (χ0v) is 12.1. The average molecular weight is 271 g/mol. The first-order valence-corrected chi connectivity index (χ1v) is 8.15. The van der Waals surface area contributed by atoms with Gasteiger partial charge < -0.3 is 16.0 Å². The van der Waals surface area contributed by atoms with Gasteiger partial charge in [0, 0.05) is 24.2 Å². The van der Waals surface area contributed by atoms with Crippen molar-refractivity contribution in [1.29, 1.82) is 0 Å². The van der Waals surface area contributed by atoms with Crippen molar-refractivity contribution in [3.8, 4) is 0 Å². The molecule has 1 aromatic carbocycles. The van der Waals surface area contributed by atoms with Crippen LogP contribution in [0.1, 0.15) is 42.9 Å². The molecule has 0 spiro atoms. The summed E-state index contributed by atoms with van der Waals surface area (Å²) in [5, 5.41) is 3.84. The van der Waals surface area contributed by atoms with E-state index >= 15 is 0 Å². The Balaban J connectivity index is 1.34. The number of rotatable bonds is 3. The van der Waals surface area contributed by atoms with Gasteiger partial charge in [-0.15, -0.1) is 0 Å². The van der Waals surface area contributed by atoms with Gasteiger partial charge in [0.1, 0.15) is 0 Å². The van der Waals surface area contributed by atoms with E-state index in [1.165, 1.54) is 49.9 Å². The number of likely N-dealkylation sites (tertiary alicyclic amines) is 1. The molecule has 3 nitrogen and oxygen atoms in total. The summed E-state index contributed by atoms with van der Waals surface area (Å²) in [6.45, 7) is 2.55. The molecule has 1 saturated carbocycles. The normalized spacial score (nSPS) is 31.4. The predicted molar refractivity (Wildman–Crippen MR) is 81.6 cm³/mol. The lowest BCUT2D eigenvalue weighted by Crippen LogP contribution is -2.49. The highest BCUT2D eigenvalue weighted by molar-refractivity contribution is 5.36. The lowest BCUT2D eigenvalue weighted by Gasteiger charge is -2.34. The maximum Gasteiger partial charge on any atom is 0.0456 e. The molecule has 1 heterocycles. The SMILES string of the molecule is N[C@@H]1c2ccccc2C[C@H]1NC1CCN(C2CC2)CC1. The minimum absolute atomic E-state index is 0.174. The first-order chi connectivity index (χ1) is 9.81. The van der Waals surface area contributed by atoms with E-state index in [0.717, 1.165) is 12.5 Å². The van der Waals surface area contributed by atoms with Gasteiger partial charge in [0.2, 0.25) is 0 Å². The maximum absolute atomic E-state index is 6.42. The zero-order valence-electron chi connectivity index (χ0n) is 12.1. The highest BCUT2D eigenvalue weighted by atomic mass is 15.2. The Morgan fingerprint density at radius 2 is 1.80 bits per heavy atom. The van der Waals surface area contributed by atoms with Crippen LogP contribution < -0.4 is 11.1 Å². The first kappa shape index (κ1) is 12.8. The summed E-state index contributed by atoms with van der Waals surface area (Å²) in [7, 11) is 0. The van der Waals surface area contributed by atoms with Crippen molar-refractivity contribution in [2.45, 2.75) is 56.3 Å². The second kappa shape index (κ2) is 5.14. The number of benzene rings is 1. The Kier molecular flexibility index (Phi) is 3.29. The van der Waals surface area contributed by atoms with E-state index in [4.69, 9.17) is 5.73 Å². The molecule has 0 unspecified atom stereocenters. The molecule has 3 heteroatoms. The van der Waals surface area contributed by atoms with Crippen LogP contribution in [0.25, 0.3) is 0 Å². The van der Waals surface area contributed by atoms with E-state index in [9.17, 15) is 0 Å². The maximum atomic E-state index is 6.42. The molecule has 0 amide bonds. The monoisotopic (exact) mass is 271 g/mol. The fourth-order valence-corrected chi connectivity index (χ4v) is 3.96. The van der Waals surface area contributed by atoms with E-state index in [1.807, 2.05) is 0 Å². The van der Waals surface area contributed by atoms with E-state index in [1.54, 1.807) is 0 Å². The van der Waals surface area contributed by atoms with Crippen molar-refractivity contribution in [3.63, 3.8) is 0 Å². The number of hydrogen-bond donors (Lipinski definition) is 2. The van der Waals surface area contributed by atoms with Gasteiger partial charge in [-0.25, -0.2) is 0 Å². The Labute approximate surface area is 121 Å². The molecule has 0 aromatic heterocycles. The van der Waals surface area contributed by atoms with Crippen LogP contribution in [-0.2, 0) is 6.42 Å². The van der Waals surface area contributed by atoms with Crippen LogP contribution in [0.3, 0.4) is 0 Å². The Hall–Kier alpha value is -0.900. The van der Waals surface area contributed by atoms with E-state index < -0.39 is 0 Å². The van der Waals surface area contributed by atoms with Crippen molar-refractivity contribution in [1.82, 2.24) is 10.2 Å². The summed E-state index contributed by atoms with van der Waals surface area (Å²) in [4.78, 5) is 2.68.